The smallest absolute Gasteiger partial charge is 0.330 e. The van der Waals surface area contributed by atoms with Gasteiger partial charge in [0.2, 0.25) is 0 Å². The van der Waals surface area contributed by atoms with Crippen LogP contribution in [0.15, 0.2) is 30.6 Å². The molecule has 0 radical (unpaired) electrons. The van der Waals surface area contributed by atoms with Crippen LogP contribution in [0, 0.1) is 0 Å². The zero-order chi connectivity index (χ0) is 16.2. The number of nitrogens with zero attached hydrogens (tertiary/aromatic N) is 5. The lowest BCUT2D eigenvalue weighted by atomic mass is 10.1. The molecule has 118 valence electrons. The molecule has 0 saturated heterocycles. The molecule has 1 aromatic carbocycles. The number of tetrazole rings is 1. The van der Waals surface area contributed by atoms with Gasteiger partial charge in [0.05, 0.1) is 5.69 Å². The number of halogens is 3. The van der Waals surface area contributed by atoms with Crippen molar-refractivity contribution < 1.29 is 18.0 Å². The average molecular weight is 313 g/mol. The number of carbonyl (C=O) groups excluding carboxylic acids is 1. The second-order valence-electron chi connectivity index (χ2n) is 4.64. The molecule has 0 aliphatic heterocycles. The Labute approximate surface area is 124 Å². The predicted molar refractivity (Wildman–Crippen MR) is 71.4 cm³/mol. The summed E-state index contributed by atoms with van der Waals surface area (Å²) in [5, 5.41) is 10.6. The fraction of sp³-hybridized carbons (Fsp3) is 0.385. The van der Waals surface area contributed by atoms with Crippen molar-refractivity contribution in [2.24, 2.45) is 0 Å². The van der Waals surface area contributed by atoms with E-state index < -0.39 is 18.6 Å². The number of benzene rings is 1. The van der Waals surface area contributed by atoms with Crippen molar-refractivity contribution in [3.8, 4) is 5.69 Å². The number of amides is 1. The maximum Gasteiger partial charge on any atom is 0.406 e. The van der Waals surface area contributed by atoms with Crippen molar-refractivity contribution in [3.05, 3.63) is 36.2 Å². The Morgan fingerprint density at radius 1 is 1.27 bits per heavy atom. The molecule has 0 unspecified atom stereocenters. The molecule has 0 spiro atoms. The summed E-state index contributed by atoms with van der Waals surface area (Å²) in [6, 6.07) is 6.05. The average Bonchev–Trinajstić information content (AvgIpc) is 2.99. The summed E-state index contributed by atoms with van der Waals surface area (Å²) >= 11 is 0. The molecule has 0 fully saturated rings. The molecular formula is C13H14F3N5O. The number of alkyl halides is 3. The van der Waals surface area contributed by atoms with Crippen LogP contribution in [-0.2, 0) is 0 Å². The maximum atomic E-state index is 12.5. The number of hydrogen-bond acceptors (Lipinski definition) is 4. The largest absolute Gasteiger partial charge is 0.406 e. The summed E-state index contributed by atoms with van der Waals surface area (Å²) in [6.45, 7) is 0.513. The van der Waals surface area contributed by atoms with Gasteiger partial charge in [-0.15, -0.1) is 5.10 Å². The molecule has 0 saturated carbocycles. The second-order valence-corrected chi connectivity index (χ2v) is 4.64. The van der Waals surface area contributed by atoms with Crippen LogP contribution in [0.2, 0.25) is 0 Å². The third-order valence-corrected chi connectivity index (χ3v) is 2.88. The molecule has 1 amide bonds. The third kappa shape index (κ3) is 4.03. The van der Waals surface area contributed by atoms with Crippen LogP contribution in [0.4, 0.5) is 13.2 Å². The monoisotopic (exact) mass is 313 g/mol. The molecule has 6 nitrogen and oxygen atoms in total. The van der Waals surface area contributed by atoms with E-state index in [1.54, 1.807) is 19.1 Å². The molecule has 2 rings (SSSR count). The van der Waals surface area contributed by atoms with Gasteiger partial charge in [0.15, 0.2) is 0 Å². The Bertz CT molecular complexity index is 610. The van der Waals surface area contributed by atoms with Gasteiger partial charge >= 0.3 is 6.18 Å². The molecule has 9 heteroatoms. The summed E-state index contributed by atoms with van der Waals surface area (Å²) in [5.74, 6) is -0.651. The van der Waals surface area contributed by atoms with Crippen LogP contribution in [0.1, 0.15) is 23.7 Å². The minimum absolute atomic E-state index is 0.0487. The SMILES string of the molecule is CCCN(CC(F)(F)F)C(=O)c1ccc(-n2cnnn2)cc1. The first kappa shape index (κ1) is 15.9. The maximum absolute atomic E-state index is 12.5. The molecule has 22 heavy (non-hydrogen) atoms. The number of hydrogen-bond donors (Lipinski definition) is 0. The molecule has 0 aliphatic carbocycles. The summed E-state index contributed by atoms with van der Waals surface area (Å²) in [4.78, 5) is 13.0. The lowest BCUT2D eigenvalue weighted by molar-refractivity contribution is -0.140. The van der Waals surface area contributed by atoms with Crippen LogP contribution in [0.5, 0.6) is 0 Å². The Kier molecular flexibility index (Phi) is 4.74. The molecule has 2 aromatic rings. The molecule has 0 N–H and O–H groups in total. The second kappa shape index (κ2) is 6.54. The Morgan fingerprint density at radius 2 is 1.95 bits per heavy atom. The minimum atomic E-state index is -4.42. The van der Waals surface area contributed by atoms with Gasteiger partial charge in [-0.3, -0.25) is 4.79 Å². The highest BCUT2D eigenvalue weighted by molar-refractivity contribution is 5.94. The molecule has 0 aliphatic rings. The van der Waals surface area contributed by atoms with Crippen molar-refractivity contribution in [1.29, 1.82) is 0 Å². The van der Waals surface area contributed by atoms with Gasteiger partial charge in [0.25, 0.3) is 5.91 Å². The lowest BCUT2D eigenvalue weighted by Crippen LogP contribution is -2.39. The zero-order valence-electron chi connectivity index (χ0n) is 11.8. The van der Waals surface area contributed by atoms with Crippen LogP contribution in [0.3, 0.4) is 0 Å². The van der Waals surface area contributed by atoms with Crippen molar-refractivity contribution >= 4 is 5.91 Å². The molecular weight excluding hydrogens is 299 g/mol. The van der Waals surface area contributed by atoms with E-state index in [4.69, 9.17) is 0 Å². The third-order valence-electron chi connectivity index (χ3n) is 2.88. The Morgan fingerprint density at radius 3 is 2.45 bits per heavy atom. The van der Waals surface area contributed by atoms with Gasteiger partial charge in [-0.2, -0.15) is 13.2 Å². The highest BCUT2D eigenvalue weighted by atomic mass is 19.4. The summed E-state index contributed by atoms with van der Waals surface area (Å²) in [5.41, 5.74) is 0.800. The number of aromatic nitrogens is 4. The molecule has 1 aromatic heterocycles. The Hall–Kier alpha value is -2.45. The Balaban J connectivity index is 2.16. The van der Waals surface area contributed by atoms with Crippen LogP contribution in [0.25, 0.3) is 5.69 Å². The minimum Gasteiger partial charge on any atom is -0.330 e. The van der Waals surface area contributed by atoms with Gasteiger partial charge in [0.1, 0.15) is 12.9 Å². The van der Waals surface area contributed by atoms with Gasteiger partial charge in [-0.1, -0.05) is 6.92 Å². The quantitative estimate of drug-likeness (QED) is 0.848. The summed E-state index contributed by atoms with van der Waals surface area (Å²) in [6.07, 6.45) is -2.59. The first-order valence-corrected chi connectivity index (χ1v) is 6.60. The molecule has 0 atom stereocenters. The molecule has 0 bridgehead atoms. The van der Waals surface area contributed by atoms with Crippen molar-refractivity contribution in [2.45, 2.75) is 19.5 Å². The van der Waals surface area contributed by atoms with Gasteiger partial charge in [0, 0.05) is 12.1 Å². The highest BCUT2D eigenvalue weighted by Gasteiger charge is 2.32. The fourth-order valence-corrected chi connectivity index (χ4v) is 1.96. The van der Waals surface area contributed by atoms with E-state index in [0.717, 1.165) is 4.90 Å². The van der Waals surface area contributed by atoms with Crippen LogP contribution in [-0.4, -0.2) is 50.3 Å². The van der Waals surface area contributed by atoms with E-state index in [9.17, 15) is 18.0 Å². The van der Waals surface area contributed by atoms with E-state index in [2.05, 4.69) is 15.5 Å². The van der Waals surface area contributed by atoms with Gasteiger partial charge < -0.3 is 4.90 Å². The number of carbonyl (C=O) groups is 1. The number of rotatable bonds is 5. The van der Waals surface area contributed by atoms with Crippen molar-refractivity contribution in [1.82, 2.24) is 25.1 Å². The van der Waals surface area contributed by atoms with E-state index in [-0.39, 0.29) is 12.1 Å². The van der Waals surface area contributed by atoms with Crippen molar-refractivity contribution in [3.63, 3.8) is 0 Å². The lowest BCUT2D eigenvalue weighted by Gasteiger charge is -2.23. The first-order chi connectivity index (χ1) is 10.4. The van der Waals surface area contributed by atoms with E-state index in [0.29, 0.717) is 12.1 Å². The summed E-state index contributed by atoms with van der Waals surface area (Å²) in [7, 11) is 0. The first-order valence-electron chi connectivity index (χ1n) is 6.60. The predicted octanol–water partition coefficient (Wildman–Crippen LogP) is 2.08. The van der Waals surface area contributed by atoms with Gasteiger partial charge in [-0.25, -0.2) is 4.68 Å². The van der Waals surface area contributed by atoms with Gasteiger partial charge in [-0.05, 0) is 41.1 Å². The standard InChI is InChI=1S/C13H14F3N5O/c1-2-7-20(8-13(14,15)16)12(22)10-3-5-11(6-4-10)21-9-17-18-19-21/h3-6,9H,2,7-8H2,1H3. The van der Waals surface area contributed by atoms with E-state index in [1.807, 2.05) is 0 Å². The fourth-order valence-electron chi connectivity index (χ4n) is 1.96. The topological polar surface area (TPSA) is 63.9 Å². The summed E-state index contributed by atoms with van der Waals surface area (Å²) < 4.78 is 39.0. The van der Waals surface area contributed by atoms with Crippen LogP contribution < -0.4 is 0 Å². The van der Waals surface area contributed by atoms with Crippen molar-refractivity contribution in [2.75, 3.05) is 13.1 Å². The van der Waals surface area contributed by atoms with Crippen LogP contribution >= 0.6 is 0 Å². The highest BCUT2D eigenvalue weighted by Crippen LogP contribution is 2.19. The zero-order valence-corrected chi connectivity index (χ0v) is 11.8. The normalized spacial score (nSPS) is 11.5. The van der Waals surface area contributed by atoms with E-state index >= 15 is 0 Å². The molecule has 1 heterocycles. The van der Waals surface area contributed by atoms with E-state index in [1.165, 1.54) is 23.1 Å².